The molecule has 1 saturated heterocycles. The van der Waals surface area contributed by atoms with Crippen LogP contribution in [-0.4, -0.2) is 26.2 Å². The Labute approximate surface area is 91.3 Å². The standard InChI is InChI=1S/C12H19N3/c1-2-10-9-11(13)3-4-12(10)15-7-5-14-6-8-15/h3-4,9,14H,2,5-8,13H2,1H3. The molecule has 82 valence electrons. The highest BCUT2D eigenvalue weighted by molar-refractivity contribution is 5.60. The zero-order chi connectivity index (χ0) is 10.7. The van der Waals surface area contributed by atoms with Crippen molar-refractivity contribution >= 4 is 11.4 Å². The highest BCUT2D eigenvalue weighted by atomic mass is 15.2. The van der Waals surface area contributed by atoms with Gasteiger partial charge in [-0.2, -0.15) is 0 Å². The lowest BCUT2D eigenvalue weighted by Crippen LogP contribution is -2.43. The van der Waals surface area contributed by atoms with Gasteiger partial charge in [0.05, 0.1) is 0 Å². The third kappa shape index (κ3) is 2.23. The fraction of sp³-hybridized carbons (Fsp3) is 0.500. The molecule has 1 aromatic rings. The van der Waals surface area contributed by atoms with Crippen LogP contribution in [0.25, 0.3) is 0 Å². The lowest BCUT2D eigenvalue weighted by Gasteiger charge is -2.31. The van der Waals surface area contributed by atoms with E-state index in [4.69, 9.17) is 5.73 Å². The first-order valence-corrected chi connectivity index (χ1v) is 5.65. The minimum atomic E-state index is 0.866. The predicted molar refractivity (Wildman–Crippen MR) is 65.3 cm³/mol. The van der Waals surface area contributed by atoms with Crippen molar-refractivity contribution in [3.05, 3.63) is 23.8 Å². The number of hydrogen-bond acceptors (Lipinski definition) is 3. The molecule has 0 atom stereocenters. The van der Waals surface area contributed by atoms with E-state index in [9.17, 15) is 0 Å². The molecule has 0 bridgehead atoms. The van der Waals surface area contributed by atoms with Crippen molar-refractivity contribution in [1.29, 1.82) is 0 Å². The van der Waals surface area contributed by atoms with Crippen molar-refractivity contribution in [3.8, 4) is 0 Å². The van der Waals surface area contributed by atoms with Gasteiger partial charge < -0.3 is 16.0 Å². The monoisotopic (exact) mass is 205 g/mol. The van der Waals surface area contributed by atoms with Crippen molar-refractivity contribution in [1.82, 2.24) is 5.32 Å². The van der Waals surface area contributed by atoms with E-state index >= 15 is 0 Å². The molecule has 15 heavy (non-hydrogen) atoms. The van der Waals surface area contributed by atoms with E-state index in [0.29, 0.717) is 0 Å². The van der Waals surface area contributed by atoms with Crippen molar-refractivity contribution < 1.29 is 0 Å². The molecular formula is C12H19N3. The Morgan fingerprint density at radius 3 is 2.73 bits per heavy atom. The summed E-state index contributed by atoms with van der Waals surface area (Å²) in [5, 5.41) is 3.37. The molecular weight excluding hydrogens is 186 g/mol. The van der Waals surface area contributed by atoms with E-state index in [0.717, 1.165) is 38.3 Å². The molecule has 3 N–H and O–H groups in total. The average molecular weight is 205 g/mol. The number of aryl methyl sites for hydroxylation is 1. The van der Waals surface area contributed by atoms with Gasteiger partial charge in [-0.25, -0.2) is 0 Å². The number of rotatable bonds is 2. The molecule has 1 aromatic carbocycles. The predicted octanol–water partition coefficient (Wildman–Crippen LogP) is 1.24. The Morgan fingerprint density at radius 1 is 1.33 bits per heavy atom. The van der Waals surface area contributed by atoms with Gasteiger partial charge in [0.2, 0.25) is 0 Å². The first kappa shape index (κ1) is 10.3. The third-order valence-electron chi connectivity index (χ3n) is 2.94. The summed E-state index contributed by atoms with van der Waals surface area (Å²) >= 11 is 0. The Morgan fingerprint density at radius 2 is 2.07 bits per heavy atom. The van der Waals surface area contributed by atoms with Crippen LogP contribution in [0, 0.1) is 0 Å². The van der Waals surface area contributed by atoms with Gasteiger partial charge in [0.25, 0.3) is 0 Å². The van der Waals surface area contributed by atoms with Gasteiger partial charge in [-0.15, -0.1) is 0 Å². The van der Waals surface area contributed by atoms with Gasteiger partial charge in [0.1, 0.15) is 0 Å². The van der Waals surface area contributed by atoms with Crippen LogP contribution in [0.4, 0.5) is 11.4 Å². The largest absolute Gasteiger partial charge is 0.399 e. The Kier molecular flexibility index (Phi) is 3.11. The maximum Gasteiger partial charge on any atom is 0.0401 e. The summed E-state index contributed by atoms with van der Waals surface area (Å²) in [4.78, 5) is 2.44. The van der Waals surface area contributed by atoms with Gasteiger partial charge in [0.15, 0.2) is 0 Å². The van der Waals surface area contributed by atoms with Crippen molar-refractivity contribution in [2.45, 2.75) is 13.3 Å². The zero-order valence-electron chi connectivity index (χ0n) is 9.29. The molecule has 1 fully saturated rings. The molecule has 3 heteroatoms. The van der Waals surface area contributed by atoms with Crippen LogP contribution in [0.5, 0.6) is 0 Å². The summed E-state index contributed by atoms with van der Waals surface area (Å²) in [5.74, 6) is 0. The molecule has 3 nitrogen and oxygen atoms in total. The minimum absolute atomic E-state index is 0.866. The zero-order valence-corrected chi connectivity index (χ0v) is 9.29. The fourth-order valence-corrected chi connectivity index (χ4v) is 2.10. The van der Waals surface area contributed by atoms with Crippen LogP contribution in [0.15, 0.2) is 18.2 Å². The van der Waals surface area contributed by atoms with Gasteiger partial charge in [-0.3, -0.25) is 0 Å². The molecule has 2 rings (SSSR count). The highest BCUT2D eigenvalue weighted by Crippen LogP contribution is 2.23. The lowest BCUT2D eigenvalue weighted by molar-refractivity contribution is 0.588. The van der Waals surface area contributed by atoms with Gasteiger partial charge >= 0.3 is 0 Å². The summed E-state index contributed by atoms with van der Waals surface area (Å²) in [6.07, 6.45) is 1.05. The number of nitrogen functional groups attached to an aromatic ring is 1. The number of nitrogens with one attached hydrogen (secondary N) is 1. The number of piperazine rings is 1. The number of benzene rings is 1. The van der Waals surface area contributed by atoms with Crippen LogP contribution in [-0.2, 0) is 6.42 Å². The number of nitrogens with two attached hydrogens (primary N) is 1. The van der Waals surface area contributed by atoms with Crippen LogP contribution >= 0.6 is 0 Å². The van der Waals surface area contributed by atoms with Crippen molar-refractivity contribution in [2.75, 3.05) is 36.8 Å². The molecule has 0 amide bonds. The second-order valence-electron chi connectivity index (χ2n) is 3.98. The topological polar surface area (TPSA) is 41.3 Å². The van der Waals surface area contributed by atoms with E-state index in [1.54, 1.807) is 0 Å². The summed E-state index contributed by atoms with van der Waals surface area (Å²) in [5.41, 5.74) is 9.38. The quantitative estimate of drug-likeness (QED) is 0.714. The normalized spacial score (nSPS) is 16.7. The Hall–Kier alpha value is -1.22. The molecule has 1 aliphatic heterocycles. The average Bonchev–Trinajstić information content (AvgIpc) is 2.30. The molecule has 1 heterocycles. The van der Waals surface area contributed by atoms with Crippen LogP contribution in [0.1, 0.15) is 12.5 Å². The number of nitrogens with zero attached hydrogens (tertiary/aromatic N) is 1. The number of anilines is 2. The van der Waals surface area contributed by atoms with E-state index in [-0.39, 0.29) is 0 Å². The first-order valence-electron chi connectivity index (χ1n) is 5.65. The highest BCUT2D eigenvalue weighted by Gasteiger charge is 2.13. The summed E-state index contributed by atoms with van der Waals surface area (Å²) in [6, 6.07) is 6.24. The molecule has 0 spiro atoms. The van der Waals surface area contributed by atoms with Crippen molar-refractivity contribution in [3.63, 3.8) is 0 Å². The fourth-order valence-electron chi connectivity index (χ4n) is 2.10. The van der Waals surface area contributed by atoms with Gasteiger partial charge in [-0.05, 0) is 30.2 Å². The van der Waals surface area contributed by atoms with Crippen LogP contribution in [0.3, 0.4) is 0 Å². The van der Waals surface area contributed by atoms with Gasteiger partial charge in [-0.1, -0.05) is 6.92 Å². The molecule has 0 unspecified atom stereocenters. The lowest BCUT2D eigenvalue weighted by atomic mass is 10.1. The molecule has 0 radical (unpaired) electrons. The van der Waals surface area contributed by atoms with E-state index in [1.165, 1.54) is 11.3 Å². The Bertz CT molecular complexity index is 330. The summed E-state index contributed by atoms with van der Waals surface area (Å²) < 4.78 is 0. The Balaban J connectivity index is 2.25. The minimum Gasteiger partial charge on any atom is -0.399 e. The SMILES string of the molecule is CCc1cc(N)ccc1N1CCNCC1. The van der Waals surface area contributed by atoms with E-state index in [2.05, 4.69) is 29.3 Å². The third-order valence-corrected chi connectivity index (χ3v) is 2.94. The van der Waals surface area contributed by atoms with Gasteiger partial charge in [0, 0.05) is 37.6 Å². The number of hydrogen-bond donors (Lipinski definition) is 2. The first-order chi connectivity index (χ1) is 7.31. The maximum atomic E-state index is 5.80. The summed E-state index contributed by atoms with van der Waals surface area (Å²) in [6.45, 7) is 6.52. The van der Waals surface area contributed by atoms with Crippen molar-refractivity contribution in [2.24, 2.45) is 0 Å². The van der Waals surface area contributed by atoms with Crippen LogP contribution in [0.2, 0.25) is 0 Å². The second kappa shape index (κ2) is 4.53. The van der Waals surface area contributed by atoms with Crippen LogP contribution < -0.4 is 16.0 Å². The molecule has 0 saturated carbocycles. The van der Waals surface area contributed by atoms with E-state index < -0.39 is 0 Å². The smallest absolute Gasteiger partial charge is 0.0401 e. The molecule has 1 aliphatic rings. The second-order valence-corrected chi connectivity index (χ2v) is 3.98. The van der Waals surface area contributed by atoms with E-state index in [1.807, 2.05) is 6.07 Å². The summed E-state index contributed by atoms with van der Waals surface area (Å²) in [7, 11) is 0. The molecule has 0 aliphatic carbocycles. The molecule has 0 aromatic heterocycles. The maximum absolute atomic E-state index is 5.80.